The van der Waals surface area contributed by atoms with E-state index in [2.05, 4.69) is 51.2 Å². The van der Waals surface area contributed by atoms with Gasteiger partial charge in [0.15, 0.2) is 0 Å². The van der Waals surface area contributed by atoms with Crippen LogP contribution in [0.3, 0.4) is 0 Å². The van der Waals surface area contributed by atoms with Crippen molar-refractivity contribution in [1.29, 1.82) is 0 Å². The van der Waals surface area contributed by atoms with Gasteiger partial charge in [-0.05, 0) is 0 Å². The van der Waals surface area contributed by atoms with Crippen molar-refractivity contribution in [2.45, 2.75) is 112 Å². The minimum atomic E-state index is -0.122. The standard InChI is InChI=1S/C30H50NO.Hg/c1-19(2)20-10-15-30(18-31)17-16-28(6)21(25(20)30)8-9-23-27(5)13-12-24(32)26(3,4)22(27)11-14-29(23,28)7;/h20-25,31-32H,1,8-18H2,2-7H3;/q-1;+1/t20-,21?,22?,23?,24?,25?,27?,28+,29?,30?;/m0./s1. The zero-order valence-corrected chi connectivity index (χ0v) is 28.1. The zero-order valence-electron chi connectivity index (χ0n) is 22.6. The van der Waals surface area contributed by atoms with Crippen molar-refractivity contribution >= 4 is 0 Å². The average molecular weight is 641 g/mol. The molecule has 0 amide bonds. The van der Waals surface area contributed by atoms with Gasteiger partial charge >= 0.3 is 217 Å². The number of rotatable bonds is 3. The third-order valence-electron chi connectivity index (χ3n) is 13.7. The molecule has 10 atom stereocenters. The van der Waals surface area contributed by atoms with Crippen LogP contribution in [0.1, 0.15) is 106 Å². The fourth-order valence-corrected chi connectivity index (χ4v) is 13.8. The molecule has 2 nitrogen and oxygen atoms in total. The van der Waals surface area contributed by atoms with Gasteiger partial charge in [-0.25, -0.2) is 0 Å². The number of nitrogens with one attached hydrogen (secondary N) is 1. The number of hydrogen-bond acceptors (Lipinski definition) is 2. The van der Waals surface area contributed by atoms with Crippen molar-refractivity contribution in [2.24, 2.45) is 56.7 Å². The number of aliphatic hydroxyl groups excluding tert-OH is 1. The Morgan fingerprint density at radius 1 is 0.879 bits per heavy atom. The topological polar surface area (TPSA) is 32.3 Å². The van der Waals surface area contributed by atoms with E-state index >= 15 is 0 Å². The van der Waals surface area contributed by atoms with Gasteiger partial charge in [0.25, 0.3) is 0 Å². The summed E-state index contributed by atoms with van der Waals surface area (Å²) in [6.45, 7) is 21.1. The summed E-state index contributed by atoms with van der Waals surface area (Å²) in [6.07, 6.45) is 13.3. The molecule has 0 saturated heterocycles. The minimum absolute atomic E-state index is 0.0581. The van der Waals surface area contributed by atoms with Gasteiger partial charge < -0.3 is 5.11 Å². The molecule has 0 aromatic carbocycles. The summed E-state index contributed by atoms with van der Waals surface area (Å²) < 4.78 is 3.83. The Kier molecular flexibility index (Phi) is 6.16. The second-order valence-electron chi connectivity index (χ2n) is 14.9. The van der Waals surface area contributed by atoms with Gasteiger partial charge in [-0.3, -0.25) is 0 Å². The van der Waals surface area contributed by atoms with E-state index in [4.69, 9.17) is 0 Å². The van der Waals surface area contributed by atoms with E-state index < -0.39 is 0 Å². The van der Waals surface area contributed by atoms with Gasteiger partial charge in [0.05, 0.1) is 0 Å². The van der Waals surface area contributed by atoms with Crippen LogP contribution in [0.25, 0.3) is 0 Å². The maximum atomic E-state index is 10.9. The fraction of sp³-hybridized carbons (Fsp3) is 0.933. The molecule has 5 saturated carbocycles. The SMILES string of the molecule is C=C(C)[C@@H]1CCC2(C[NH][Hg])CC[C@]3(C)C(CCC4C5(C)CCC(O)C(C)(C)C5CCC43C)C12. The summed E-state index contributed by atoms with van der Waals surface area (Å²) in [7, 11) is 0. The van der Waals surface area contributed by atoms with Crippen LogP contribution in [0, 0.1) is 56.7 Å². The van der Waals surface area contributed by atoms with E-state index in [0.717, 1.165) is 30.1 Å². The van der Waals surface area contributed by atoms with E-state index in [0.29, 0.717) is 54.0 Å². The van der Waals surface area contributed by atoms with Gasteiger partial charge in [-0.2, -0.15) is 0 Å². The molecule has 5 aliphatic rings. The second kappa shape index (κ2) is 8.05. The first kappa shape index (κ1) is 25.3. The third kappa shape index (κ3) is 3.20. The molecule has 0 bridgehead atoms. The van der Waals surface area contributed by atoms with Gasteiger partial charge in [0, 0.05) is 0 Å². The first-order valence-corrected chi connectivity index (χ1v) is 17.0. The Morgan fingerprint density at radius 3 is 2.27 bits per heavy atom. The van der Waals surface area contributed by atoms with E-state index in [9.17, 15) is 5.11 Å². The molecule has 0 aliphatic heterocycles. The predicted octanol–water partition coefficient (Wildman–Crippen LogP) is 7.06. The molecule has 0 aromatic rings. The van der Waals surface area contributed by atoms with Gasteiger partial charge in [0.1, 0.15) is 0 Å². The number of hydrogen-bond donors (Lipinski definition) is 2. The molecular weight excluding hydrogens is 591 g/mol. The Balaban J connectivity index is 1.54. The summed E-state index contributed by atoms with van der Waals surface area (Å²) in [5, 5.41) is 10.9. The van der Waals surface area contributed by atoms with Crippen LogP contribution < -0.4 is 3.08 Å². The summed E-state index contributed by atoms with van der Waals surface area (Å²) in [5.41, 5.74) is 3.34. The normalized spacial score (nSPS) is 55.2. The Morgan fingerprint density at radius 2 is 1.61 bits per heavy atom. The number of fused-ring (bicyclic) bond motifs is 7. The molecule has 2 N–H and O–H groups in total. The van der Waals surface area contributed by atoms with Crippen LogP contribution >= 0.6 is 0 Å². The summed E-state index contributed by atoms with van der Waals surface area (Å²) >= 11 is 0.686. The quantitative estimate of drug-likeness (QED) is 0.256. The van der Waals surface area contributed by atoms with E-state index in [1.807, 2.05) is 0 Å². The van der Waals surface area contributed by atoms with Crippen LogP contribution in [0.15, 0.2) is 12.2 Å². The molecule has 5 fully saturated rings. The Labute approximate surface area is 220 Å². The van der Waals surface area contributed by atoms with E-state index in [1.54, 1.807) is 0 Å². The molecule has 0 radical (unpaired) electrons. The monoisotopic (exact) mass is 642 g/mol. The Bertz CT molecular complexity index is 809. The molecular formula is C30H50HgNO. The number of allylic oxidation sites excluding steroid dienone is 1. The van der Waals surface area contributed by atoms with Crippen molar-refractivity contribution in [3.05, 3.63) is 12.2 Å². The molecule has 3 heteroatoms. The average Bonchev–Trinajstić information content (AvgIpc) is 3.12. The maximum absolute atomic E-state index is 10.9. The van der Waals surface area contributed by atoms with Crippen LogP contribution in [-0.4, -0.2) is 17.8 Å². The summed E-state index contributed by atoms with van der Waals surface area (Å²) in [6, 6.07) is 0. The molecule has 0 aromatic heterocycles. The third-order valence-corrected chi connectivity index (χ3v) is 14.7. The van der Waals surface area contributed by atoms with Crippen LogP contribution in [-0.2, 0) is 26.4 Å². The fourth-order valence-electron chi connectivity index (χ4n) is 11.8. The van der Waals surface area contributed by atoms with Crippen molar-refractivity contribution in [3.63, 3.8) is 0 Å². The first-order valence-electron chi connectivity index (χ1n) is 14.2. The Hall–Kier alpha value is 0.595. The van der Waals surface area contributed by atoms with Gasteiger partial charge in [0.2, 0.25) is 0 Å². The second-order valence-corrected chi connectivity index (χ2v) is 16.8. The van der Waals surface area contributed by atoms with E-state index in [-0.39, 0.29) is 11.5 Å². The summed E-state index contributed by atoms with van der Waals surface area (Å²) in [4.78, 5) is 0. The van der Waals surface area contributed by atoms with Crippen molar-refractivity contribution in [2.75, 3.05) is 6.54 Å². The number of aliphatic hydroxyl groups is 1. The van der Waals surface area contributed by atoms with Crippen LogP contribution in [0.5, 0.6) is 0 Å². The first-order chi connectivity index (χ1) is 15.4. The molecule has 33 heavy (non-hydrogen) atoms. The van der Waals surface area contributed by atoms with Crippen LogP contribution in [0.2, 0.25) is 0 Å². The van der Waals surface area contributed by atoms with E-state index in [1.165, 1.54) is 69.9 Å². The van der Waals surface area contributed by atoms with Gasteiger partial charge in [-0.15, -0.1) is 0 Å². The molecule has 0 heterocycles. The molecule has 5 rings (SSSR count). The van der Waals surface area contributed by atoms with Crippen molar-refractivity contribution in [3.8, 4) is 0 Å². The molecule has 183 valence electrons. The van der Waals surface area contributed by atoms with Gasteiger partial charge in [-0.1, -0.05) is 0 Å². The molecule has 8 unspecified atom stereocenters. The predicted molar refractivity (Wildman–Crippen MR) is 133 cm³/mol. The van der Waals surface area contributed by atoms with Crippen molar-refractivity contribution in [1.82, 2.24) is 3.08 Å². The molecule has 0 spiro atoms. The molecule has 5 aliphatic carbocycles. The summed E-state index contributed by atoms with van der Waals surface area (Å²) in [5.74, 6) is 3.93. The zero-order chi connectivity index (χ0) is 24.0. The van der Waals surface area contributed by atoms with Crippen LogP contribution in [0.4, 0.5) is 0 Å². The van der Waals surface area contributed by atoms with Crippen molar-refractivity contribution < 1.29 is 31.5 Å².